The van der Waals surface area contributed by atoms with E-state index >= 15 is 0 Å². The Morgan fingerprint density at radius 2 is 1.00 bits per heavy atom. The predicted octanol–water partition coefficient (Wildman–Crippen LogP) is 0.786. The van der Waals surface area contributed by atoms with Crippen molar-refractivity contribution in [1.82, 2.24) is 19.6 Å². The van der Waals surface area contributed by atoms with Crippen LogP contribution in [0, 0.1) is 23.7 Å². The first-order chi connectivity index (χ1) is 14.5. The van der Waals surface area contributed by atoms with Crippen molar-refractivity contribution in [2.75, 3.05) is 66.5 Å². The fourth-order valence-corrected chi connectivity index (χ4v) is 7.89. The van der Waals surface area contributed by atoms with Gasteiger partial charge in [-0.2, -0.15) is 0 Å². The van der Waals surface area contributed by atoms with Crippen molar-refractivity contribution in [1.29, 1.82) is 0 Å². The molecule has 6 nitrogen and oxygen atoms in total. The fraction of sp³-hybridized carbons (Fsp3) is 1.00. The Bertz CT molecular complexity index is 542. The van der Waals surface area contributed by atoms with E-state index in [9.17, 15) is 10.2 Å². The van der Waals surface area contributed by atoms with Gasteiger partial charge in [0.25, 0.3) is 0 Å². The Hall–Kier alpha value is -0.240. The minimum absolute atomic E-state index is 0.0273. The molecule has 0 radical (unpaired) electrons. The Morgan fingerprint density at radius 3 is 1.43 bits per heavy atom. The van der Waals surface area contributed by atoms with Gasteiger partial charge in [0.1, 0.15) is 0 Å². The van der Waals surface area contributed by atoms with Gasteiger partial charge in [-0.3, -0.25) is 9.80 Å². The van der Waals surface area contributed by atoms with E-state index < -0.39 is 0 Å². The average molecular weight is 421 g/mol. The van der Waals surface area contributed by atoms with Gasteiger partial charge in [-0.1, -0.05) is 12.8 Å². The first kappa shape index (κ1) is 21.6. The van der Waals surface area contributed by atoms with Gasteiger partial charge in [0.15, 0.2) is 0 Å². The number of rotatable bonds is 0. The van der Waals surface area contributed by atoms with Crippen molar-refractivity contribution >= 4 is 0 Å². The minimum Gasteiger partial charge on any atom is -0.392 e. The van der Waals surface area contributed by atoms with E-state index in [0.717, 1.165) is 39.3 Å². The van der Waals surface area contributed by atoms with Crippen LogP contribution in [0.15, 0.2) is 0 Å². The van der Waals surface area contributed by atoms with Gasteiger partial charge < -0.3 is 20.0 Å². The maximum atomic E-state index is 10.3. The van der Waals surface area contributed by atoms with Crippen LogP contribution in [0.2, 0.25) is 0 Å². The molecule has 6 rings (SSSR count). The van der Waals surface area contributed by atoms with Crippen molar-refractivity contribution in [3.8, 4) is 0 Å². The molecule has 6 heterocycles. The molecule has 4 bridgehead atoms. The smallest absolute Gasteiger partial charge is 0.0648 e. The van der Waals surface area contributed by atoms with E-state index in [1.165, 1.54) is 51.6 Å². The minimum atomic E-state index is -0.0273. The highest BCUT2D eigenvalue weighted by atomic mass is 16.3. The number of nitrogens with zero attached hydrogens (tertiary/aromatic N) is 4. The molecule has 2 N–H and O–H groups in total. The van der Waals surface area contributed by atoms with Crippen molar-refractivity contribution < 1.29 is 10.2 Å². The van der Waals surface area contributed by atoms with Gasteiger partial charge >= 0.3 is 0 Å². The van der Waals surface area contributed by atoms with Crippen LogP contribution < -0.4 is 0 Å². The maximum absolute atomic E-state index is 10.3. The molecule has 0 unspecified atom stereocenters. The normalized spacial score (nSPS) is 47.6. The first-order valence-electron chi connectivity index (χ1n) is 12.7. The summed E-state index contributed by atoms with van der Waals surface area (Å²) in [5.74, 6) is 2.04. The number of likely N-dealkylation sites (tertiary alicyclic amines) is 2. The van der Waals surface area contributed by atoms with E-state index in [4.69, 9.17) is 0 Å². The molecule has 6 fully saturated rings. The van der Waals surface area contributed by atoms with Crippen molar-refractivity contribution in [2.45, 2.75) is 62.8 Å². The van der Waals surface area contributed by atoms with Gasteiger partial charge in [0.2, 0.25) is 0 Å². The summed E-state index contributed by atoms with van der Waals surface area (Å²) in [5.41, 5.74) is 0. The Kier molecular flexibility index (Phi) is 6.44. The van der Waals surface area contributed by atoms with E-state index in [0.29, 0.717) is 35.8 Å². The third-order valence-corrected chi connectivity index (χ3v) is 9.24. The van der Waals surface area contributed by atoms with Crippen LogP contribution in [0.4, 0.5) is 0 Å². The quantitative estimate of drug-likeness (QED) is 0.604. The highest BCUT2D eigenvalue weighted by Gasteiger charge is 2.47. The second kappa shape index (κ2) is 8.95. The molecule has 0 spiro atoms. The van der Waals surface area contributed by atoms with E-state index in [1.54, 1.807) is 0 Å². The largest absolute Gasteiger partial charge is 0.392 e. The average Bonchev–Trinajstić information content (AvgIpc) is 2.72. The zero-order valence-electron chi connectivity index (χ0n) is 19.2. The lowest BCUT2D eigenvalue weighted by Crippen LogP contribution is -2.64. The van der Waals surface area contributed by atoms with Crippen molar-refractivity contribution in [2.24, 2.45) is 23.7 Å². The lowest BCUT2D eigenvalue weighted by Gasteiger charge is -2.54. The summed E-state index contributed by atoms with van der Waals surface area (Å²) in [6.07, 6.45) is 8.01. The zero-order valence-corrected chi connectivity index (χ0v) is 19.2. The highest BCUT2D eigenvalue weighted by molar-refractivity contribution is 5.01. The van der Waals surface area contributed by atoms with Crippen LogP contribution >= 0.6 is 0 Å². The molecule has 6 aliphatic rings. The summed E-state index contributed by atoms with van der Waals surface area (Å²) in [4.78, 5) is 10.1. The Balaban J connectivity index is 0.000000128. The molecular formula is C24H44N4O2. The van der Waals surface area contributed by atoms with Crippen LogP contribution in [-0.2, 0) is 0 Å². The summed E-state index contributed by atoms with van der Waals surface area (Å²) in [6.45, 7) is 9.17. The van der Waals surface area contributed by atoms with Gasteiger partial charge in [-0.15, -0.1) is 0 Å². The molecule has 172 valence electrons. The molecule has 0 aliphatic carbocycles. The van der Waals surface area contributed by atoms with Crippen molar-refractivity contribution in [3.63, 3.8) is 0 Å². The molecule has 0 aromatic heterocycles. The number of fused-ring (bicyclic) bond motifs is 8. The van der Waals surface area contributed by atoms with Crippen molar-refractivity contribution in [3.05, 3.63) is 0 Å². The molecule has 6 aliphatic heterocycles. The third-order valence-electron chi connectivity index (χ3n) is 9.24. The van der Waals surface area contributed by atoms with Gasteiger partial charge in [-0.25, -0.2) is 0 Å². The second-order valence-corrected chi connectivity index (χ2v) is 11.4. The fourth-order valence-electron chi connectivity index (χ4n) is 7.89. The maximum Gasteiger partial charge on any atom is 0.0648 e. The Morgan fingerprint density at radius 1 is 0.567 bits per heavy atom. The van der Waals surface area contributed by atoms with Gasteiger partial charge in [0.05, 0.1) is 12.2 Å². The Labute approximate surface area is 183 Å². The van der Waals surface area contributed by atoms with Gasteiger partial charge in [-0.05, 0) is 52.9 Å². The number of hydrogen-bond donors (Lipinski definition) is 2. The molecule has 0 saturated carbocycles. The molecular weight excluding hydrogens is 376 g/mol. The molecule has 0 aromatic carbocycles. The number of hydrogen-bond acceptors (Lipinski definition) is 6. The van der Waals surface area contributed by atoms with Crippen LogP contribution in [0.25, 0.3) is 0 Å². The molecule has 0 aromatic rings. The highest BCUT2D eigenvalue weighted by Crippen LogP contribution is 2.38. The molecule has 30 heavy (non-hydrogen) atoms. The zero-order chi connectivity index (χ0) is 20.8. The lowest BCUT2D eigenvalue weighted by atomic mass is 9.74. The SMILES string of the molecule is CN1C[C@@H]2CN3CCCC[C@@H]3[C@H](C1)[C@H]2O.CN1C[C@@H]2CN3CCCC[C@@H]3[C@H](C1)[C@H]2O. The molecule has 0 amide bonds. The summed E-state index contributed by atoms with van der Waals surface area (Å²) in [5, 5.41) is 20.6. The molecule has 6 saturated heterocycles. The van der Waals surface area contributed by atoms with E-state index in [-0.39, 0.29) is 12.2 Å². The third kappa shape index (κ3) is 4.08. The van der Waals surface area contributed by atoms with Crippen LogP contribution in [0.3, 0.4) is 0 Å². The predicted molar refractivity (Wildman–Crippen MR) is 119 cm³/mol. The monoisotopic (exact) mass is 420 g/mol. The summed E-state index contributed by atoms with van der Waals surface area (Å²) in [6, 6.07) is 1.35. The summed E-state index contributed by atoms with van der Waals surface area (Å²) < 4.78 is 0. The lowest BCUT2D eigenvalue weighted by molar-refractivity contribution is -0.112. The first-order valence-corrected chi connectivity index (χ1v) is 12.7. The van der Waals surface area contributed by atoms with E-state index in [1.807, 2.05) is 0 Å². The van der Waals surface area contributed by atoms with Crippen LogP contribution in [0.1, 0.15) is 38.5 Å². The van der Waals surface area contributed by atoms with Crippen LogP contribution in [0.5, 0.6) is 0 Å². The number of aliphatic hydroxyl groups excluding tert-OH is 2. The van der Waals surface area contributed by atoms with Gasteiger partial charge in [0, 0.05) is 75.0 Å². The number of piperidine rings is 6. The topological polar surface area (TPSA) is 53.4 Å². The standard InChI is InChI=1S/2C12H22N2O/c2*1-13-6-9-7-14-5-3-2-4-11(14)10(8-13)12(9)15/h2*9-12,15H,2-8H2,1H3/t2*9-,10+,11-,12+/m11/s1. The molecule has 8 atom stereocenters. The summed E-state index contributed by atoms with van der Waals surface area (Å²) >= 11 is 0. The number of aliphatic hydroxyl groups is 2. The second-order valence-electron chi connectivity index (χ2n) is 11.4. The summed E-state index contributed by atoms with van der Waals surface area (Å²) in [7, 11) is 4.40. The van der Waals surface area contributed by atoms with Crippen LogP contribution in [-0.4, -0.2) is 121 Å². The molecule has 6 heteroatoms. The van der Waals surface area contributed by atoms with E-state index in [2.05, 4.69) is 33.7 Å².